The molecular formula is C22H23N3O2. The van der Waals surface area contributed by atoms with Crippen LogP contribution in [0.25, 0.3) is 11.4 Å². The number of rotatable bonds is 4. The molecule has 138 valence electrons. The number of benzene rings is 2. The van der Waals surface area contributed by atoms with Crippen molar-refractivity contribution >= 4 is 11.6 Å². The third kappa shape index (κ3) is 3.37. The van der Waals surface area contributed by atoms with Crippen LogP contribution in [0.2, 0.25) is 0 Å². The number of amides is 1. The standard InChI is InChI=1S/C22H23N3O2/c1-4-16-6-5-7-18(11-16)25-13-17(12-20(25)26)22-23-21(24-27-22)19-9-8-14(2)10-15(19)3/h5-11,17H,4,12-13H2,1-3H3. The molecule has 1 aliphatic heterocycles. The van der Waals surface area contributed by atoms with Crippen molar-refractivity contribution in [2.45, 2.75) is 39.5 Å². The van der Waals surface area contributed by atoms with Crippen molar-refractivity contribution in [3.05, 3.63) is 65.0 Å². The number of anilines is 1. The molecule has 27 heavy (non-hydrogen) atoms. The van der Waals surface area contributed by atoms with Crippen molar-refractivity contribution in [3.8, 4) is 11.4 Å². The summed E-state index contributed by atoms with van der Waals surface area (Å²) in [6.45, 7) is 6.78. The largest absolute Gasteiger partial charge is 0.339 e. The van der Waals surface area contributed by atoms with Gasteiger partial charge in [-0.15, -0.1) is 0 Å². The average Bonchev–Trinajstić information content (AvgIpc) is 3.28. The Bertz CT molecular complexity index is 993. The molecular weight excluding hydrogens is 338 g/mol. The van der Waals surface area contributed by atoms with Crippen LogP contribution in [-0.2, 0) is 11.2 Å². The zero-order chi connectivity index (χ0) is 19.0. The third-order valence-electron chi connectivity index (χ3n) is 5.17. The van der Waals surface area contributed by atoms with Gasteiger partial charge in [0.15, 0.2) is 0 Å². The highest BCUT2D eigenvalue weighted by Crippen LogP contribution is 2.32. The van der Waals surface area contributed by atoms with Gasteiger partial charge < -0.3 is 9.42 Å². The van der Waals surface area contributed by atoms with Gasteiger partial charge in [0.1, 0.15) is 0 Å². The molecule has 1 amide bonds. The second-order valence-electron chi connectivity index (χ2n) is 7.20. The van der Waals surface area contributed by atoms with Crippen molar-refractivity contribution in [1.29, 1.82) is 0 Å². The van der Waals surface area contributed by atoms with Crippen molar-refractivity contribution in [2.24, 2.45) is 0 Å². The van der Waals surface area contributed by atoms with Gasteiger partial charge in [-0.2, -0.15) is 4.98 Å². The minimum absolute atomic E-state index is 0.0743. The molecule has 0 aliphatic carbocycles. The lowest BCUT2D eigenvalue weighted by atomic mass is 10.1. The molecule has 0 bridgehead atoms. The number of carbonyl (C=O) groups is 1. The highest BCUT2D eigenvalue weighted by molar-refractivity contribution is 5.96. The van der Waals surface area contributed by atoms with Crippen LogP contribution in [0.15, 0.2) is 47.0 Å². The maximum absolute atomic E-state index is 12.6. The SMILES string of the molecule is CCc1cccc(N2CC(c3nc(-c4ccc(C)cc4C)no3)CC2=O)c1. The molecule has 2 heterocycles. The highest BCUT2D eigenvalue weighted by Gasteiger charge is 2.35. The quantitative estimate of drug-likeness (QED) is 0.689. The van der Waals surface area contributed by atoms with Crippen LogP contribution in [0.3, 0.4) is 0 Å². The van der Waals surface area contributed by atoms with Gasteiger partial charge in [-0.25, -0.2) is 0 Å². The Morgan fingerprint density at radius 1 is 1.19 bits per heavy atom. The van der Waals surface area contributed by atoms with Gasteiger partial charge in [0, 0.05) is 24.2 Å². The van der Waals surface area contributed by atoms with E-state index in [0.29, 0.717) is 24.7 Å². The number of aryl methyl sites for hydroxylation is 3. The molecule has 0 spiro atoms. The maximum atomic E-state index is 12.6. The van der Waals surface area contributed by atoms with E-state index in [1.807, 2.05) is 36.1 Å². The van der Waals surface area contributed by atoms with Crippen LogP contribution in [0.5, 0.6) is 0 Å². The molecule has 4 rings (SSSR count). The molecule has 1 saturated heterocycles. The zero-order valence-corrected chi connectivity index (χ0v) is 15.9. The van der Waals surface area contributed by atoms with Crippen molar-refractivity contribution < 1.29 is 9.32 Å². The lowest BCUT2D eigenvalue weighted by molar-refractivity contribution is -0.117. The summed E-state index contributed by atoms with van der Waals surface area (Å²) in [5.74, 6) is 1.14. The number of hydrogen-bond acceptors (Lipinski definition) is 4. The Kier molecular flexibility index (Phi) is 4.52. The highest BCUT2D eigenvalue weighted by atomic mass is 16.5. The van der Waals surface area contributed by atoms with Gasteiger partial charge >= 0.3 is 0 Å². The summed E-state index contributed by atoms with van der Waals surface area (Å²) in [6, 6.07) is 14.3. The molecule has 5 nitrogen and oxygen atoms in total. The van der Waals surface area contributed by atoms with Gasteiger partial charge in [0.25, 0.3) is 0 Å². The van der Waals surface area contributed by atoms with Crippen LogP contribution < -0.4 is 4.90 Å². The second-order valence-corrected chi connectivity index (χ2v) is 7.20. The van der Waals surface area contributed by atoms with Gasteiger partial charge in [-0.1, -0.05) is 48.0 Å². The number of nitrogens with zero attached hydrogens (tertiary/aromatic N) is 3. The van der Waals surface area contributed by atoms with Crippen LogP contribution in [-0.4, -0.2) is 22.6 Å². The normalized spacial score (nSPS) is 16.9. The summed E-state index contributed by atoms with van der Waals surface area (Å²) < 4.78 is 5.53. The summed E-state index contributed by atoms with van der Waals surface area (Å²) in [5.41, 5.74) is 5.44. The maximum Gasteiger partial charge on any atom is 0.232 e. The summed E-state index contributed by atoms with van der Waals surface area (Å²) in [4.78, 5) is 19.0. The van der Waals surface area contributed by atoms with E-state index in [4.69, 9.17) is 4.52 Å². The van der Waals surface area contributed by atoms with E-state index in [1.54, 1.807) is 0 Å². The lowest BCUT2D eigenvalue weighted by Gasteiger charge is -2.16. The second kappa shape index (κ2) is 6.99. The van der Waals surface area contributed by atoms with E-state index in [2.05, 4.69) is 42.2 Å². The number of carbonyl (C=O) groups excluding carboxylic acids is 1. The average molecular weight is 361 g/mol. The van der Waals surface area contributed by atoms with E-state index >= 15 is 0 Å². The fourth-order valence-electron chi connectivity index (χ4n) is 3.64. The molecule has 1 unspecified atom stereocenters. The molecule has 1 aliphatic rings. The van der Waals surface area contributed by atoms with E-state index < -0.39 is 0 Å². The number of aromatic nitrogens is 2. The first-order valence-corrected chi connectivity index (χ1v) is 9.35. The molecule has 1 aromatic heterocycles. The molecule has 3 aromatic rings. The lowest BCUT2D eigenvalue weighted by Crippen LogP contribution is -2.24. The molecule has 5 heteroatoms. The van der Waals surface area contributed by atoms with Crippen molar-refractivity contribution in [3.63, 3.8) is 0 Å². The molecule has 0 N–H and O–H groups in total. The Labute approximate surface area is 159 Å². The number of hydrogen-bond donors (Lipinski definition) is 0. The Morgan fingerprint density at radius 2 is 2.04 bits per heavy atom. The summed E-state index contributed by atoms with van der Waals surface area (Å²) >= 11 is 0. The fraction of sp³-hybridized carbons (Fsp3) is 0.318. The van der Waals surface area contributed by atoms with Crippen LogP contribution in [0.1, 0.15) is 41.8 Å². The van der Waals surface area contributed by atoms with E-state index in [0.717, 1.165) is 23.2 Å². The van der Waals surface area contributed by atoms with E-state index in [9.17, 15) is 4.79 Å². The van der Waals surface area contributed by atoms with Crippen molar-refractivity contribution in [2.75, 3.05) is 11.4 Å². The van der Waals surface area contributed by atoms with Crippen molar-refractivity contribution in [1.82, 2.24) is 10.1 Å². The third-order valence-corrected chi connectivity index (χ3v) is 5.17. The van der Waals surface area contributed by atoms with Crippen LogP contribution in [0.4, 0.5) is 5.69 Å². The van der Waals surface area contributed by atoms with Crippen LogP contribution >= 0.6 is 0 Å². The topological polar surface area (TPSA) is 59.2 Å². The van der Waals surface area contributed by atoms with E-state index in [1.165, 1.54) is 11.1 Å². The summed E-state index contributed by atoms with van der Waals surface area (Å²) in [7, 11) is 0. The first kappa shape index (κ1) is 17.5. The summed E-state index contributed by atoms with van der Waals surface area (Å²) in [6.07, 6.45) is 1.34. The predicted octanol–water partition coefficient (Wildman–Crippen LogP) is 4.44. The minimum atomic E-state index is -0.0743. The monoisotopic (exact) mass is 361 g/mol. The molecule has 0 radical (unpaired) electrons. The Morgan fingerprint density at radius 3 is 2.81 bits per heavy atom. The van der Waals surface area contributed by atoms with E-state index in [-0.39, 0.29) is 11.8 Å². The Hall–Kier alpha value is -2.95. The molecule has 1 atom stereocenters. The van der Waals surface area contributed by atoms with Gasteiger partial charge in [0.05, 0.1) is 5.92 Å². The molecule has 0 saturated carbocycles. The fourth-order valence-corrected chi connectivity index (χ4v) is 3.64. The summed E-state index contributed by atoms with van der Waals surface area (Å²) in [5, 5.41) is 4.16. The molecule has 1 fully saturated rings. The molecule has 2 aromatic carbocycles. The minimum Gasteiger partial charge on any atom is -0.339 e. The van der Waals surface area contributed by atoms with Gasteiger partial charge in [-0.05, 0) is 43.5 Å². The zero-order valence-electron chi connectivity index (χ0n) is 15.9. The first-order valence-electron chi connectivity index (χ1n) is 9.35. The van der Waals surface area contributed by atoms with Crippen LogP contribution in [0, 0.1) is 13.8 Å². The van der Waals surface area contributed by atoms with Gasteiger partial charge in [-0.3, -0.25) is 4.79 Å². The first-order chi connectivity index (χ1) is 13.0. The van der Waals surface area contributed by atoms with Gasteiger partial charge in [0.2, 0.25) is 17.6 Å². The predicted molar refractivity (Wildman–Crippen MR) is 105 cm³/mol. The smallest absolute Gasteiger partial charge is 0.232 e. The Balaban J connectivity index is 1.57.